The third-order valence-electron chi connectivity index (χ3n) is 4.20. The molecule has 0 bridgehead atoms. The molecule has 0 spiro atoms. The van der Waals surface area contributed by atoms with Gasteiger partial charge in [-0.3, -0.25) is 9.59 Å². The van der Waals surface area contributed by atoms with Gasteiger partial charge in [0.1, 0.15) is 12.1 Å². The summed E-state index contributed by atoms with van der Waals surface area (Å²) >= 11 is 0. The molecule has 0 heterocycles. The van der Waals surface area contributed by atoms with E-state index < -0.39 is 18.0 Å². The normalized spacial score (nSPS) is 28.1. The fourth-order valence-electron chi connectivity index (χ4n) is 2.88. The van der Waals surface area contributed by atoms with Crippen LogP contribution in [0.1, 0.15) is 52.9 Å². The summed E-state index contributed by atoms with van der Waals surface area (Å²) in [6, 6.07) is -0.837. The highest BCUT2D eigenvalue weighted by Gasteiger charge is 2.34. The van der Waals surface area contributed by atoms with Crippen LogP contribution >= 0.6 is 0 Å². The van der Waals surface area contributed by atoms with E-state index in [0.717, 1.165) is 12.8 Å². The Morgan fingerprint density at radius 1 is 1.35 bits per heavy atom. The number of hydrogen-bond acceptors (Lipinski definition) is 4. The standard InChI is InChI=1S/C15H27NO4/c1-9(2)11-5-4-10(3)8-13(11)20-15(19)12(16)6-7-14(17)18/h9-13H,4-8,16H2,1-3H3,(H,17,18). The Morgan fingerprint density at radius 2 is 2.00 bits per heavy atom. The number of ether oxygens (including phenoxy) is 1. The highest BCUT2D eigenvalue weighted by atomic mass is 16.5. The van der Waals surface area contributed by atoms with Gasteiger partial charge < -0.3 is 15.6 Å². The van der Waals surface area contributed by atoms with Gasteiger partial charge in [-0.25, -0.2) is 0 Å². The maximum atomic E-state index is 12.0. The Bertz CT molecular complexity index is 343. The van der Waals surface area contributed by atoms with Gasteiger partial charge in [0, 0.05) is 6.42 Å². The molecule has 20 heavy (non-hydrogen) atoms. The van der Waals surface area contributed by atoms with Crippen molar-refractivity contribution in [2.75, 3.05) is 0 Å². The van der Waals surface area contributed by atoms with Crippen molar-refractivity contribution in [3.05, 3.63) is 0 Å². The van der Waals surface area contributed by atoms with Crippen LogP contribution in [0, 0.1) is 17.8 Å². The van der Waals surface area contributed by atoms with Crippen LogP contribution < -0.4 is 5.73 Å². The lowest BCUT2D eigenvalue weighted by Crippen LogP contribution is -2.41. The molecule has 0 aromatic rings. The van der Waals surface area contributed by atoms with Gasteiger partial charge in [-0.15, -0.1) is 0 Å². The highest BCUT2D eigenvalue weighted by Crippen LogP contribution is 2.35. The molecule has 4 atom stereocenters. The number of nitrogens with two attached hydrogens (primary N) is 1. The smallest absolute Gasteiger partial charge is 0.323 e. The molecule has 5 nitrogen and oxygen atoms in total. The van der Waals surface area contributed by atoms with Crippen LogP contribution in [-0.4, -0.2) is 29.2 Å². The molecule has 0 saturated heterocycles. The molecule has 1 saturated carbocycles. The van der Waals surface area contributed by atoms with E-state index in [4.69, 9.17) is 15.6 Å². The van der Waals surface area contributed by atoms with Crippen molar-refractivity contribution in [2.45, 2.75) is 65.0 Å². The fraction of sp³-hybridized carbons (Fsp3) is 0.867. The molecule has 116 valence electrons. The van der Waals surface area contributed by atoms with Crippen LogP contribution in [0.15, 0.2) is 0 Å². The highest BCUT2D eigenvalue weighted by molar-refractivity contribution is 5.76. The van der Waals surface area contributed by atoms with E-state index in [9.17, 15) is 9.59 Å². The molecule has 1 aliphatic rings. The van der Waals surface area contributed by atoms with Gasteiger partial charge in [0.25, 0.3) is 0 Å². The summed E-state index contributed by atoms with van der Waals surface area (Å²) in [5.74, 6) is -0.00833. The molecule has 1 rings (SSSR count). The number of carbonyl (C=O) groups excluding carboxylic acids is 1. The molecule has 1 fully saturated rings. The van der Waals surface area contributed by atoms with E-state index in [0.29, 0.717) is 17.8 Å². The summed E-state index contributed by atoms with van der Waals surface area (Å²) in [5.41, 5.74) is 5.70. The van der Waals surface area contributed by atoms with Gasteiger partial charge in [-0.05, 0) is 37.0 Å². The molecule has 0 aromatic heterocycles. The Hall–Kier alpha value is -1.10. The lowest BCUT2D eigenvalue weighted by atomic mass is 9.75. The van der Waals surface area contributed by atoms with Gasteiger partial charge in [0.2, 0.25) is 0 Å². The third-order valence-corrected chi connectivity index (χ3v) is 4.20. The zero-order valence-corrected chi connectivity index (χ0v) is 12.7. The predicted octanol–water partition coefficient (Wildman–Crippen LogP) is 2.18. The molecule has 0 radical (unpaired) electrons. The Morgan fingerprint density at radius 3 is 2.55 bits per heavy atom. The SMILES string of the molecule is CC1CCC(C(C)C)C(OC(=O)C(N)CCC(=O)O)C1. The zero-order valence-electron chi connectivity index (χ0n) is 12.7. The van der Waals surface area contributed by atoms with Crippen LogP contribution in [0.2, 0.25) is 0 Å². The van der Waals surface area contributed by atoms with E-state index in [1.54, 1.807) is 0 Å². The summed E-state index contributed by atoms with van der Waals surface area (Å²) in [6.07, 6.45) is 3.05. The fourth-order valence-corrected chi connectivity index (χ4v) is 2.88. The van der Waals surface area contributed by atoms with E-state index in [-0.39, 0.29) is 18.9 Å². The minimum atomic E-state index is -0.945. The number of carbonyl (C=O) groups is 2. The van der Waals surface area contributed by atoms with Crippen molar-refractivity contribution in [3.8, 4) is 0 Å². The van der Waals surface area contributed by atoms with Gasteiger partial charge in [-0.2, -0.15) is 0 Å². The second-order valence-corrected chi connectivity index (χ2v) is 6.34. The lowest BCUT2D eigenvalue weighted by molar-refractivity contribution is -0.157. The van der Waals surface area contributed by atoms with Gasteiger partial charge in [0.05, 0.1) is 0 Å². The van der Waals surface area contributed by atoms with Crippen LogP contribution in [0.4, 0.5) is 0 Å². The Balaban J connectivity index is 2.54. The summed E-state index contributed by atoms with van der Waals surface area (Å²) in [6.45, 7) is 6.46. The molecular weight excluding hydrogens is 258 g/mol. The zero-order chi connectivity index (χ0) is 15.3. The summed E-state index contributed by atoms with van der Waals surface area (Å²) in [4.78, 5) is 22.5. The Labute approximate surface area is 120 Å². The first-order valence-corrected chi connectivity index (χ1v) is 7.49. The predicted molar refractivity (Wildman–Crippen MR) is 76.1 cm³/mol. The van der Waals surface area contributed by atoms with E-state index in [1.807, 2.05) is 0 Å². The maximum Gasteiger partial charge on any atom is 0.323 e. The average molecular weight is 285 g/mol. The lowest BCUT2D eigenvalue weighted by Gasteiger charge is -2.37. The van der Waals surface area contributed by atoms with E-state index >= 15 is 0 Å². The summed E-state index contributed by atoms with van der Waals surface area (Å²) < 4.78 is 5.57. The first kappa shape index (κ1) is 17.0. The second kappa shape index (κ2) is 7.62. The molecule has 3 N–H and O–H groups in total. The van der Waals surface area contributed by atoms with Gasteiger partial charge in [-0.1, -0.05) is 27.2 Å². The topological polar surface area (TPSA) is 89.6 Å². The maximum absolute atomic E-state index is 12.0. The molecule has 1 aliphatic carbocycles. The largest absolute Gasteiger partial charge is 0.481 e. The summed E-state index contributed by atoms with van der Waals surface area (Å²) in [7, 11) is 0. The van der Waals surface area contributed by atoms with Crippen LogP contribution in [0.25, 0.3) is 0 Å². The van der Waals surface area contributed by atoms with Crippen LogP contribution in [0.3, 0.4) is 0 Å². The molecule has 0 aromatic carbocycles. The van der Waals surface area contributed by atoms with Crippen LogP contribution in [0.5, 0.6) is 0 Å². The summed E-state index contributed by atoms with van der Waals surface area (Å²) in [5, 5.41) is 8.61. The van der Waals surface area contributed by atoms with Crippen molar-refractivity contribution in [3.63, 3.8) is 0 Å². The molecular formula is C15H27NO4. The minimum Gasteiger partial charge on any atom is -0.481 e. The molecule has 0 amide bonds. The second-order valence-electron chi connectivity index (χ2n) is 6.34. The first-order chi connectivity index (χ1) is 9.31. The minimum absolute atomic E-state index is 0.0814. The van der Waals surface area contributed by atoms with Gasteiger partial charge in [0.15, 0.2) is 0 Å². The van der Waals surface area contributed by atoms with Crippen molar-refractivity contribution in [1.82, 2.24) is 0 Å². The van der Waals surface area contributed by atoms with Crippen molar-refractivity contribution in [1.29, 1.82) is 0 Å². The van der Waals surface area contributed by atoms with Crippen LogP contribution in [-0.2, 0) is 14.3 Å². The van der Waals surface area contributed by atoms with E-state index in [2.05, 4.69) is 20.8 Å². The number of esters is 1. The number of carboxylic acids is 1. The van der Waals surface area contributed by atoms with Gasteiger partial charge >= 0.3 is 11.9 Å². The number of hydrogen-bond donors (Lipinski definition) is 2. The van der Waals surface area contributed by atoms with Crippen molar-refractivity contribution >= 4 is 11.9 Å². The third kappa shape index (κ3) is 5.12. The Kier molecular flexibility index (Phi) is 6.46. The van der Waals surface area contributed by atoms with Crippen molar-refractivity contribution in [2.24, 2.45) is 23.5 Å². The number of carboxylic acid groups (broad SMARTS) is 1. The average Bonchev–Trinajstić information content (AvgIpc) is 2.35. The quantitative estimate of drug-likeness (QED) is 0.730. The van der Waals surface area contributed by atoms with Crippen molar-refractivity contribution < 1.29 is 19.4 Å². The molecule has 4 unspecified atom stereocenters. The monoisotopic (exact) mass is 285 g/mol. The molecule has 5 heteroatoms. The van der Waals surface area contributed by atoms with E-state index in [1.165, 1.54) is 6.42 Å². The first-order valence-electron chi connectivity index (χ1n) is 7.49. The number of aliphatic carboxylic acids is 1. The number of rotatable bonds is 6. The molecule has 0 aliphatic heterocycles.